The number of phenols is 2. The minimum atomic E-state index is -1.93. The Hall–Kier alpha value is -13.0. The van der Waals surface area contributed by atoms with E-state index in [-0.39, 0.29) is 113 Å². The molecule has 118 heavy (non-hydrogen) atoms. The zero-order valence-corrected chi connectivity index (χ0v) is 67.1. The van der Waals surface area contributed by atoms with Crippen molar-refractivity contribution in [2.24, 2.45) is 52.0 Å². The molecule has 0 aliphatic heterocycles. The van der Waals surface area contributed by atoms with Crippen LogP contribution in [0.3, 0.4) is 0 Å². The normalized spacial score (nSPS) is 14.8. The quantitative estimate of drug-likeness (QED) is 0.0142. The summed E-state index contributed by atoms with van der Waals surface area (Å²) >= 11 is 0. The van der Waals surface area contributed by atoms with Crippen LogP contribution in [0.5, 0.6) is 11.5 Å². The SMILES string of the molecule is CC[C@H](C)[C@H](NC(=O)[C@H](C)NC(=O)[C@H](CC(N)=O)NC(=O)[C@@H](NC(=O)[C@H](Cc1ccc(O)cc1)NC(=O)[C@H](C)NC(=O)[C@H](CCCNC(=N)N)NC(=O)c1ccc(CN)cc1)[C@@H](C)CC)C(=O)N[C@H](C(=O)N[C@@H](CCCNC(=N)N)C(=O)N[C@@H](CCC(N)=O)C(=O)N[C@@H](CCCNC(=N)N)C(=O)N[C@@H](Cc1ccc(O)cc1)C(N)=O)[C@@H](C)O. The van der Waals surface area contributed by atoms with Gasteiger partial charge in [0.1, 0.15) is 84.0 Å². The van der Waals surface area contributed by atoms with E-state index < -0.39 is 210 Å². The monoisotopic (exact) mass is 1660 g/mol. The minimum Gasteiger partial charge on any atom is -0.508 e. The molecule has 15 atom stereocenters. The van der Waals surface area contributed by atoms with E-state index in [0.29, 0.717) is 11.1 Å². The third kappa shape index (κ3) is 35.8. The highest BCUT2D eigenvalue weighted by Gasteiger charge is 2.39. The number of nitrogens with one attached hydrogen (secondary N) is 18. The molecule has 0 spiro atoms. The molecule has 43 nitrogen and oxygen atoms in total. The Labute approximate surface area is 682 Å². The molecular formula is C75H117N25O18. The summed E-state index contributed by atoms with van der Waals surface area (Å²) in [5.41, 5.74) is 40.6. The Balaban J connectivity index is 1.89. The van der Waals surface area contributed by atoms with Crippen LogP contribution >= 0.6 is 0 Å². The van der Waals surface area contributed by atoms with E-state index in [2.05, 4.69) is 79.8 Å². The molecule has 0 aliphatic carbocycles. The molecular weight excluding hydrogens is 1540 g/mol. The van der Waals surface area contributed by atoms with Crippen LogP contribution in [0.15, 0.2) is 72.8 Å². The number of aliphatic hydroxyl groups is 1. The number of rotatable bonds is 52. The maximum atomic E-state index is 14.6. The van der Waals surface area contributed by atoms with Gasteiger partial charge in [0.2, 0.25) is 82.7 Å². The molecule has 0 fully saturated rings. The van der Waals surface area contributed by atoms with Crippen molar-refractivity contribution in [1.29, 1.82) is 16.2 Å². The van der Waals surface area contributed by atoms with Gasteiger partial charge in [-0.3, -0.25) is 88.1 Å². The van der Waals surface area contributed by atoms with Crippen LogP contribution in [-0.2, 0) is 86.5 Å². The fourth-order valence-electron chi connectivity index (χ4n) is 11.5. The van der Waals surface area contributed by atoms with Crippen LogP contribution in [0.25, 0.3) is 0 Å². The summed E-state index contributed by atoms with van der Waals surface area (Å²) in [5.74, 6) is -17.9. The summed E-state index contributed by atoms with van der Waals surface area (Å²) in [6.07, 6.45) is -3.93. The van der Waals surface area contributed by atoms with Crippen LogP contribution in [0.1, 0.15) is 146 Å². The lowest BCUT2D eigenvalue weighted by molar-refractivity contribution is -0.138. The fraction of sp³-hybridized carbons (Fsp3) is 0.520. The zero-order chi connectivity index (χ0) is 88.6. The molecule has 0 bridgehead atoms. The largest absolute Gasteiger partial charge is 0.508 e. The zero-order valence-electron chi connectivity index (χ0n) is 67.1. The predicted octanol–water partition coefficient (Wildman–Crippen LogP) is -6.60. The molecule has 0 saturated carbocycles. The third-order valence-corrected chi connectivity index (χ3v) is 18.8. The Morgan fingerprint density at radius 1 is 0.364 bits per heavy atom. The maximum absolute atomic E-state index is 14.6. The number of guanidine groups is 3. The van der Waals surface area contributed by atoms with Gasteiger partial charge in [0.05, 0.1) is 12.5 Å². The summed E-state index contributed by atoms with van der Waals surface area (Å²) in [6.45, 7) is 10.3. The molecule has 0 aliphatic rings. The highest BCUT2D eigenvalue weighted by atomic mass is 16.3. The molecule has 0 saturated heterocycles. The van der Waals surface area contributed by atoms with E-state index in [1.165, 1.54) is 81.4 Å². The molecule has 3 aromatic rings. The van der Waals surface area contributed by atoms with Gasteiger partial charge in [0, 0.05) is 51.0 Å². The van der Waals surface area contributed by atoms with Crippen molar-refractivity contribution in [3.05, 3.63) is 95.1 Å². The van der Waals surface area contributed by atoms with Gasteiger partial charge in [-0.25, -0.2) is 0 Å². The Bertz CT molecular complexity index is 3970. The molecule has 0 aromatic heterocycles. The van der Waals surface area contributed by atoms with Crippen molar-refractivity contribution >= 4 is 106 Å². The summed E-state index contributed by atoms with van der Waals surface area (Å²) in [5, 5.41) is 91.4. The number of carbonyl (C=O) groups excluding carboxylic acids is 15. The number of benzene rings is 3. The summed E-state index contributed by atoms with van der Waals surface area (Å²) in [6, 6.07) is -1.34. The number of primary amides is 3. The standard InChI is InChI=1S/C75H117N25O18/c1-8-37(3)57(99-69(115)53(34-43-20-26-47(103)27-21-43)96-61(107)39(5)89-64(110)48(13-10-30-86-73(80)81)91-63(109)45-22-16-44(36-76)17-23-45)70(116)97-54(35-56(78)105)68(114)90-40(6)62(108)98-58(38(4)9-2)71(117)100-59(41(7)101)72(118)94-50(15-12-32-88-75(84)85)65(111)93-51(28-29-55(77)104)67(113)92-49(14-11-31-87-74(82)83)66(112)95-52(60(79)106)33-42-18-24-46(102)25-19-42/h16-27,37-41,48-54,57-59,101-103H,8-15,28-36,76H2,1-7H3,(H2,77,104)(H2,78,105)(H2,79,106)(H,89,110)(H,90,114)(H,91,109)(H,92,113)(H,93,111)(H,94,118)(H,95,112)(H,96,107)(H,97,116)(H,98,108)(H,99,115)(H,100,117)(H4,80,81,86)(H4,82,83,87)(H4,84,85,88)/t37-,38-,39-,40-,41+,48-,49-,50-,51-,52-,53-,54-,57-,58-,59-/m0/s1. The number of carbonyl (C=O) groups is 15. The van der Waals surface area contributed by atoms with Crippen LogP contribution in [0.2, 0.25) is 0 Å². The van der Waals surface area contributed by atoms with Crippen LogP contribution in [-0.4, -0.2) is 220 Å². The molecule has 650 valence electrons. The van der Waals surface area contributed by atoms with Crippen molar-refractivity contribution in [3.8, 4) is 11.5 Å². The van der Waals surface area contributed by atoms with Crippen molar-refractivity contribution in [3.63, 3.8) is 0 Å². The van der Waals surface area contributed by atoms with E-state index in [1.807, 2.05) is 0 Å². The fourth-order valence-corrected chi connectivity index (χ4v) is 11.5. The van der Waals surface area contributed by atoms with E-state index in [0.717, 1.165) is 12.5 Å². The first-order valence-corrected chi connectivity index (χ1v) is 38.4. The number of amides is 15. The Kier molecular flexibility index (Phi) is 42.4. The van der Waals surface area contributed by atoms with Gasteiger partial charge in [-0.15, -0.1) is 0 Å². The van der Waals surface area contributed by atoms with Crippen molar-refractivity contribution in [1.82, 2.24) is 79.8 Å². The van der Waals surface area contributed by atoms with Gasteiger partial charge in [0.15, 0.2) is 17.9 Å². The summed E-state index contributed by atoms with van der Waals surface area (Å²) < 4.78 is 0. The Morgan fingerprint density at radius 3 is 1.08 bits per heavy atom. The summed E-state index contributed by atoms with van der Waals surface area (Å²) in [4.78, 5) is 208. The molecule has 43 heteroatoms. The lowest BCUT2D eigenvalue weighted by Gasteiger charge is -2.30. The second-order valence-electron chi connectivity index (χ2n) is 28.5. The number of hydrogen-bond donors (Lipinski definition) is 28. The van der Waals surface area contributed by atoms with Gasteiger partial charge in [-0.2, -0.15) is 0 Å². The first-order valence-electron chi connectivity index (χ1n) is 38.4. The van der Waals surface area contributed by atoms with Gasteiger partial charge >= 0.3 is 0 Å². The lowest BCUT2D eigenvalue weighted by Crippen LogP contribution is -2.63. The molecule has 0 unspecified atom stereocenters. The maximum Gasteiger partial charge on any atom is 0.251 e. The molecule has 3 rings (SSSR count). The van der Waals surface area contributed by atoms with Crippen LogP contribution in [0.4, 0.5) is 0 Å². The number of nitrogens with two attached hydrogens (primary N) is 7. The molecule has 3 aromatic carbocycles. The van der Waals surface area contributed by atoms with Gasteiger partial charge in [-0.1, -0.05) is 76.9 Å². The minimum absolute atomic E-state index is 0.00810. The summed E-state index contributed by atoms with van der Waals surface area (Å²) in [7, 11) is 0. The Morgan fingerprint density at radius 2 is 0.686 bits per heavy atom. The lowest BCUT2D eigenvalue weighted by atomic mass is 9.96. The van der Waals surface area contributed by atoms with Gasteiger partial charge in [-0.05, 0) is 131 Å². The average molecular weight is 1660 g/mol. The van der Waals surface area contributed by atoms with Crippen molar-refractivity contribution in [2.75, 3.05) is 19.6 Å². The molecule has 0 heterocycles. The highest BCUT2D eigenvalue weighted by molar-refractivity contribution is 6.02. The number of aliphatic hydroxyl groups excluding tert-OH is 1. The van der Waals surface area contributed by atoms with Crippen LogP contribution < -0.4 is 120 Å². The number of aromatic hydroxyl groups is 2. The van der Waals surface area contributed by atoms with E-state index in [1.54, 1.807) is 32.9 Å². The van der Waals surface area contributed by atoms with E-state index in [4.69, 9.17) is 56.4 Å². The second-order valence-corrected chi connectivity index (χ2v) is 28.5. The highest BCUT2D eigenvalue weighted by Crippen LogP contribution is 2.18. The predicted molar refractivity (Wildman–Crippen MR) is 431 cm³/mol. The second kappa shape index (κ2) is 50.4. The molecule has 15 amide bonds. The number of phenolic OH excluding ortho intramolecular Hbond substituents is 2. The van der Waals surface area contributed by atoms with E-state index in [9.17, 15) is 87.2 Å². The number of hydrogen-bond acceptors (Lipinski definition) is 22. The molecule has 35 N–H and O–H groups in total. The third-order valence-electron chi connectivity index (χ3n) is 18.8. The average Bonchev–Trinajstić information content (AvgIpc) is 0.812. The van der Waals surface area contributed by atoms with Gasteiger partial charge in [0.25, 0.3) is 5.91 Å². The van der Waals surface area contributed by atoms with E-state index >= 15 is 0 Å². The van der Waals surface area contributed by atoms with Gasteiger partial charge < -0.3 is 135 Å². The first-order chi connectivity index (χ1) is 55.6. The topological polar surface area (TPSA) is 751 Å². The van der Waals surface area contributed by atoms with Crippen LogP contribution in [0, 0.1) is 28.1 Å². The smallest absolute Gasteiger partial charge is 0.251 e. The molecule has 0 radical (unpaired) electrons. The first kappa shape index (κ1) is 99.2. The van der Waals surface area contributed by atoms with Crippen molar-refractivity contribution < 1.29 is 87.2 Å². The van der Waals surface area contributed by atoms with Crippen molar-refractivity contribution in [2.45, 2.75) is 217 Å².